The van der Waals surface area contributed by atoms with Gasteiger partial charge in [-0.05, 0) is 32.9 Å². The van der Waals surface area contributed by atoms with E-state index < -0.39 is 0 Å². The van der Waals surface area contributed by atoms with Gasteiger partial charge in [-0.15, -0.1) is 0 Å². The fourth-order valence-electron chi connectivity index (χ4n) is 1.34. The summed E-state index contributed by atoms with van der Waals surface area (Å²) in [5.74, 6) is 0.763. The number of nitrogens with one attached hydrogen (secondary N) is 1. The highest BCUT2D eigenvalue weighted by atomic mass is 16.1. The van der Waals surface area contributed by atoms with Crippen LogP contribution >= 0.6 is 0 Å². The zero-order valence-corrected chi connectivity index (χ0v) is 9.12. The van der Waals surface area contributed by atoms with E-state index in [1.54, 1.807) is 0 Å². The fourth-order valence-corrected chi connectivity index (χ4v) is 1.34. The van der Waals surface area contributed by atoms with E-state index in [9.17, 15) is 4.79 Å². The molecule has 1 unspecified atom stereocenters. The molecular weight excluding hydrogens is 178 g/mol. The van der Waals surface area contributed by atoms with Gasteiger partial charge in [-0.1, -0.05) is 0 Å². The Balaban J connectivity index is 2.02. The van der Waals surface area contributed by atoms with Crippen molar-refractivity contribution in [1.82, 2.24) is 10.2 Å². The lowest BCUT2D eigenvalue weighted by Gasteiger charge is -2.13. The molecule has 0 aromatic carbocycles. The van der Waals surface area contributed by atoms with Gasteiger partial charge < -0.3 is 16.0 Å². The maximum atomic E-state index is 11.3. The Bertz CT molecular complexity index is 190. The molecule has 1 aliphatic carbocycles. The Morgan fingerprint density at radius 2 is 2.21 bits per heavy atom. The largest absolute Gasteiger partial charge is 0.354 e. The second-order valence-electron chi connectivity index (χ2n) is 4.36. The normalized spacial score (nSPS) is 18.3. The van der Waals surface area contributed by atoms with E-state index in [1.807, 2.05) is 19.0 Å². The van der Waals surface area contributed by atoms with Crippen LogP contribution in [0.2, 0.25) is 0 Å². The second-order valence-corrected chi connectivity index (χ2v) is 4.36. The maximum absolute atomic E-state index is 11.3. The van der Waals surface area contributed by atoms with Crippen LogP contribution in [0.3, 0.4) is 0 Å². The number of carbonyl (C=O) groups is 1. The molecule has 0 aromatic rings. The Morgan fingerprint density at radius 3 is 2.71 bits per heavy atom. The number of hydrogen-bond acceptors (Lipinski definition) is 3. The average Bonchev–Trinajstić information content (AvgIpc) is 2.93. The highest BCUT2D eigenvalue weighted by Crippen LogP contribution is 2.31. The van der Waals surface area contributed by atoms with Crippen molar-refractivity contribution in [3.05, 3.63) is 0 Å². The van der Waals surface area contributed by atoms with Crippen molar-refractivity contribution >= 4 is 5.91 Å². The monoisotopic (exact) mass is 199 g/mol. The molecule has 82 valence electrons. The zero-order chi connectivity index (χ0) is 10.6. The van der Waals surface area contributed by atoms with Gasteiger partial charge in [0.2, 0.25) is 5.91 Å². The second kappa shape index (κ2) is 5.32. The molecule has 4 nitrogen and oxygen atoms in total. The first-order valence-corrected chi connectivity index (χ1v) is 5.26. The summed E-state index contributed by atoms with van der Waals surface area (Å²) in [6.07, 6.45) is 3.02. The van der Waals surface area contributed by atoms with E-state index in [4.69, 9.17) is 5.73 Å². The molecule has 4 heteroatoms. The standard InChI is InChI=1S/C10H21N3O/c1-13(2)6-5-10(14)12-7-9(11)8-3-4-8/h8-9H,3-7,11H2,1-2H3,(H,12,14). The van der Waals surface area contributed by atoms with E-state index in [1.165, 1.54) is 12.8 Å². The molecule has 0 radical (unpaired) electrons. The van der Waals surface area contributed by atoms with E-state index in [-0.39, 0.29) is 11.9 Å². The van der Waals surface area contributed by atoms with Gasteiger partial charge in [0, 0.05) is 25.6 Å². The fraction of sp³-hybridized carbons (Fsp3) is 0.900. The summed E-state index contributed by atoms with van der Waals surface area (Å²) in [6, 6.07) is 0.165. The lowest BCUT2D eigenvalue weighted by molar-refractivity contribution is -0.121. The topological polar surface area (TPSA) is 58.4 Å². The highest BCUT2D eigenvalue weighted by molar-refractivity contribution is 5.76. The third-order valence-corrected chi connectivity index (χ3v) is 2.55. The Kier molecular flexibility index (Phi) is 4.35. The van der Waals surface area contributed by atoms with E-state index in [2.05, 4.69) is 5.32 Å². The quantitative estimate of drug-likeness (QED) is 0.622. The lowest BCUT2D eigenvalue weighted by Crippen LogP contribution is -2.39. The first-order chi connectivity index (χ1) is 6.59. The lowest BCUT2D eigenvalue weighted by atomic mass is 10.2. The summed E-state index contributed by atoms with van der Waals surface area (Å²) < 4.78 is 0. The third-order valence-electron chi connectivity index (χ3n) is 2.55. The van der Waals surface area contributed by atoms with E-state index in [0.717, 1.165) is 6.54 Å². The van der Waals surface area contributed by atoms with Crippen molar-refractivity contribution in [2.75, 3.05) is 27.2 Å². The smallest absolute Gasteiger partial charge is 0.221 e. The Hall–Kier alpha value is -0.610. The van der Waals surface area contributed by atoms with Crippen LogP contribution in [0.1, 0.15) is 19.3 Å². The number of carbonyl (C=O) groups excluding carboxylic acids is 1. The maximum Gasteiger partial charge on any atom is 0.221 e. The van der Waals surface area contributed by atoms with Crippen LogP contribution < -0.4 is 11.1 Å². The highest BCUT2D eigenvalue weighted by Gasteiger charge is 2.28. The molecule has 3 N–H and O–H groups in total. The minimum Gasteiger partial charge on any atom is -0.354 e. The number of rotatable bonds is 6. The third kappa shape index (κ3) is 4.58. The average molecular weight is 199 g/mol. The van der Waals surface area contributed by atoms with Gasteiger partial charge in [0.25, 0.3) is 0 Å². The van der Waals surface area contributed by atoms with Gasteiger partial charge >= 0.3 is 0 Å². The number of hydrogen-bond donors (Lipinski definition) is 2. The van der Waals surface area contributed by atoms with Crippen molar-refractivity contribution in [3.8, 4) is 0 Å². The molecule has 14 heavy (non-hydrogen) atoms. The summed E-state index contributed by atoms with van der Waals surface area (Å²) in [7, 11) is 3.92. The Labute approximate surface area is 85.8 Å². The molecule has 0 aliphatic heterocycles. The van der Waals surface area contributed by atoms with Crippen molar-refractivity contribution in [2.24, 2.45) is 11.7 Å². The summed E-state index contributed by atoms with van der Waals surface area (Å²) >= 11 is 0. The zero-order valence-electron chi connectivity index (χ0n) is 9.12. The number of amides is 1. The Morgan fingerprint density at radius 1 is 1.57 bits per heavy atom. The number of nitrogens with two attached hydrogens (primary N) is 1. The predicted octanol–water partition coefficient (Wildman–Crippen LogP) is -0.208. The van der Waals surface area contributed by atoms with Crippen molar-refractivity contribution in [2.45, 2.75) is 25.3 Å². The van der Waals surface area contributed by atoms with Gasteiger partial charge in [-0.25, -0.2) is 0 Å². The van der Waals surface area contributed by atoms with Gasteiger partial charge in [-0.3, -0.25) is 4.79 Å². The minimum atomic E-state index is 0.106. The summed E-state index contributed by atoms with van der Waals surface area (Å²) in [4.78, 5) is 13.3. The molecule has 1 atom stereocenters. The molecule has 1 fully saturated rings. The molecule has 1 rings (SSSR count). The summed E-state index contributed by atoms with van der Waals surface area (Å²) in [6.45, 7) is 1.43. The summed E-state index contributed by atoms with van der Waals surface area (Å²) in [5.41, 5.74) is 5.86. The molecule has 0 saturated heterocycles. The molecule has 1 amide bonds. The SMILES string of the molecule is CN(C)CCC(=O)NCC(N)C1CC1. The van der Waals surface area contributed by atoms with E-state index in [0.29, 0.717) is 18.9 Å². The summed E-state index contributed by atoms with van der Waals surface area (Å²) in [5, 5.41) is 2.87. The van der Waals surface area contributed by atoms with Crippen LogP contribution in [0.5, 0.6) is 0 Å². The number of nitrogens with zero attached hydrogens (tertiary/aromatic N) is 1. The molecule has 0 spiro atoms. The molecule has 0 aromatic heterocycles. The van der Waals surface area contributed by atoms with Crippen molar-refractivity contribution < 1.29 is 4.79 Å². The first-order valence-electron chi connectivity index (χ1n) is 5.26. The van der Waals surface area contributed by atoms with Crippen LogP contribution in [-0.2, 0) is 4.79 Å². The molecular formula is C10H21N3O. The van der Waals surface area contributed by atoms with Crippen LogP contribution in [0.15, 0.2) is 0 Å². The van der Waals surface area contributed by atoms with Gasteiger partial charge in [0.05, 0.1) is 0 Å². The van der Waals surface area contributed by atoms with Gasteiger partial charge in [0.1, 0.15) is 0 Å². The van der Waals surface area contributed by atoms with Gasteiger partial charge in [0.15, 0.2) is 0 Å². The molecule has 0 heterocycles. The van der Waals surface area contributed by atoms with Gasteiger partial charge in [-0.2, -0.15) is 0 Å². The van der Waals surface area contributed by atoms with Crippen LogP contribution in [0.4, 0.5) is 0 Å². The van der Waals surface area contributed by atoms with Crippen LogP contribution in [0.25, 0.3) is 0 Å². The predicted molar refractivity (Wildman–Crippen MR) is 56.9 cm³/mol. The minimum absolute atomic E-state index is 0.106. The van der Waals surface area contributed by atoms with Crippen molar-refractivity contribution in [1.29, 1.82) is 0 Å². The molecule has 0 bridgehead atoms. The molecule has 1 aliphatic rings. The van der Waals surface area contributed by atoms with Crippen molar-refractivity contribution in [3.63, 3.8) is 0 Å². The first kappa shape index (κ1) is 11.5. The van der Waals surface area contributed by atoms with Crippen LogP contribution in [-0.4, -0.2) is 44.0 Å². The van der Waals surface area contributed by atoms with E-state index >= 15 is 0 Å². The molecule has 1 saturated carbocycles. The van der Waals surface area contributed by atoms with Crippen LogP contribution in [0, 0.1) is 5.92 Å².